The van der Waals surface area contributed by atoms with E-state index in [0.717, 1.165) is 12.0 Å². The van der Waals surface area contributed by atoms with Gasteiger partial charge in [-0.25, -0.2) is 0 Å². The lowest BCUT2D eigenvalue weighted by atomic mass is 9.85. The first-order chi connectivity index (χ1) is 16.6. The number of hydrogen-bond donors (Lipinski definition) is 1. The smallest absolute Gasteiger partial charge is 0.301 e. The molecular weight excluding hydrogens is 444 g/mol. The zero-order valence-electron chi connectivity index (χ0n) is 20.7. The van der Waals surface area contributed by atoms with Crippen LogP contribution < -0.4 is 9.64 Å². The predicted octanol–water partition coefficient (Wildman–Crippen LogP) is 5.70. The number of carbonyl (C=O) groups excluding carboxylic acids is 2. The third-order valence-corrected chi connectivity index (χ3v) is 6.00. The van der Waals surface area contributed by atoms with Crippen molar-refractivity contribution in [2.75, 3.05) is 11.5 Å². The summed E-state index contributed by atoms with van der Waals surface area (Å²) in [6.45, 7) is 10.6. The molecule has 2 aromatic carbocycles. The number of ether oxygens (including phenoxy) is 1. The number of benzene rings is 2. The van der Waals surface area contributed by atoms with E-state index in [2.05, 4.69) is 25.9 Å². The van der Waals surface area contributed by atoms with Gasteiger partial charge < -0.3 is 14.4 Å². The van der Waals surface area contributed by atoms with Gasteiger partial charge in [-0.1, -0.05) is 57.1 Å². The molecule has 0 aliphatic carbocycles. The van der Waals surface area contributed by atoms with Crippen molar-refractivity contribution >= 4 is 23.3 Å². The van der Waals surface area contributed by atoms with Crippen LogP contribution in [0, 0.1) is 6.92 Å². The van der Waals surface area contributed by atoms with Gasteiger partial charge in [-0.15, -0.1) is 0 Å². The van der Waals surface area contributed by atoms with Crippen LogP contribution >= 0.6 is 0 Å². The van der Waals surface area contributed by atoms with E-state index in [1.165, 1.54) is 4.90 Å². The van der Waals surface area contributed by atoms with Gasteiger partial charge in [0.05, 0.1) is 18.2 Å². The monoisotopic (exact) mass is 474 g/mol. The first-order valence-electron chi connectivity index (χ1n) is 11.7. The molecule has 1 saturated heterocycles. The van der Waals surface area contributed by atoms with Gasteiger partial charge >= 0.3 is 5.91 Å². The molecule has 0 spiro atoms. The Hall–Kier alpha value is -3.87. The van der Waals surface area contributed by atoms with E-state index in [-0.39, 0.29) is 22.6 Å². The van der Waals surface area contributed by atoms with Crippen molar-refractivity contribution in [1.29, 1.82) is 0 Å². The lowest BCUT2D eigenvalue weighted by Crippen LogP contribution is -2.29. The average Bonchev–Trinajstić information content (AvgIpc) is 3.37. The number of amides is 1. The van der Waals surface area contributed by atoms with Crippen LogP contribution in [0.4, 0.5) is 5.82 Å². The summed E-state index contributed by atoms with van der Waals surface area (Å²) in [5.41, 5.74) is 2.15. The van der Waals surface area contributed by atoms with Gasteiger partial charge in [0.2, 0.25) is 0 Å². The van der Waals surface area contributed by atoms with Crippen molar-refractivity contribution < 1.29 is 24.0 Å². The second kappa shape index (κ2) is 9.41. The highest BCUT2D eigenvalue weighted by molar-refractivity contribution is 6.51. The van der Waals surface area contributed by atoms with E-state index in [4.69, 9.17) is 9.26 Å². The number of aromatic nitrogens is 1. The van der Waals surface area contributed by atoms with E-state index >= 15 is 0 Å². The Kier molecular flexibility index (Phi) is 6.52. The number of nitrogens with zero attached hydrogens (tertiary/aromatic N) is 2. The summed E-state index contributed by atoms with van der Waals surface area (Å²) < 4.78 is 10.8. The van der Waals surface area contributed by atoms with Crippen LogP contribution in [0.15, 0.2) is 64.7 Å². The summed E-state index contributed by atoms with van der Waals surface area (Å²) in [4.78, 5) is 27.7. The average molecular weight is 475 g/mol. The fourth-order valence-electron chi connectivity index (χ4n) is 4.10. The summed E-state index contributed by atoms with van der Waals surface area (Å²) in [5.74, 6) is -0.412. The third kappa shape index (κ3) is 4.71. The first-order valence-corrected chi connectivity index (χ1v) is 11.7. The quantitative estimate of drug-likeness (QED) is 0.280. The minimum atomic E-state index is -0.857. The minimum absolute atomic E-state index is 0.00129. The zero-order valence-corrected chi connectivity index (χ0v) is 20.7. The molecule has 4 rings (SSSR count). The highest BCUT2D eigenvalue weighted by Gasteiger charge is 2.48. The van der Waals surface area contributed by atoms with Crippen LogP contribution in [0.5, 0.6) is 5.75 Å². The molecule has 7 nitrogen and oxygen atoms in total. The first kappa shape index (κ1) is 24.3. The van der Waals surface area contributed by atoms with Crippen LogP contribution in [-0.2, 0) is 15.0 Å². The maximum absolute atomic E-state index is 13.2. The Balaban J connectivity index is 1.83. The van der Waals surface area contributed by atoms with Gasteiger partial charge in [-0.05, 0) is 54.2 Å². The van der Waals surface area contributed by atoms with Gasteiger partial charge in [-0.3, -0.25) is 14.5 Å². The maximum Gasteiger partial charge on any atom is 0.301 e. The SMILES string of the molecule is CCCOc1ccc(C(O)=C2C(=O)C(=O)N(c3cc(C)on3)[C@H]2c2ccc(C(C)(C)C)cc2)cc1. The standard InChI is InChI=1S/C28H30N2O5/c1-6-15-34-21-13-9-19(10-14-21)25(31)23-24(18-7-11-20(12-8-18)28(3,4)5)30(27(33)26(23)32)22-16-17(2)35-29-22/h7-14,16,24,31H,6,15H2,1-5H3/t24-/m0/s1. The Morgan fingerprint density at radius 3 is 2.29 bits per heavy atom. The molecule has 0 radical (unpaired) electrons. The van der Waals surface area contributed by atoms with Crippen LogP contribution in [0.1, 0.15) is 62.6 Å². The summed E-state index contributed by atoms with van der Waals surface area (Å²) in [6.07, 6.45) is 0.876. The molecule has 1 aromatic heterocycles. The number of hydrogen-bond acceptors (Lipinski definition) is 6. The molecule has 1 N–H and O–H groups in total. The highest BCUT2D eigenvalue weighted by atomic mass is 16.5. The van der Waals surface area contributed by atoms with Crippen molar-refractivity contribution in [2.24, 2.45) is 0 Å². The molecule has 0 bridgehead atoms. The van der Waals surface area contributed by atoms with Crippen LogP contribution in [0.25, 0.3) is 5.76 Å². The molecule has 35 heavy (non-hydrogen) atoms. The largest absolute Gasteiger partial charge is 0.507 e. The Morgan fingerprint density at radius 1 is 1.09 bits per heavy atom. The van der Waals surface area contributed by atoms with Gasteiger partial charge in [0.25, 0.3) is 5.78 Å². The second-order valence-corrected chi connectivity index (χ2v) is 9.71. The van der Waals surface area contributed by atoms with E-state index in [9.17, 15) is 14.7 Å². The number of aryl methyl sites for hydroxylation is 1. The number of carbonyl (C=O) groups is 2. The van der Waals surface area contributed by atoms with Crippen molar-refractivity contribution in [3.63, 3.8) is 0 Å². The lowest BCUT2D eigenvalue weighted by Gasteiger charge is -2.24. The number of aliphatic hydroxyl groups is 1. The van der Waals surface area contributed by atoms with Crippen molar-refractivity contribution in [3.05, 3.63) is 82.6 Å². The molecule has 1 amide bonds. The second-order valence-electron chi connectivity index (χ2n) is 9.71. The van der Waals surface area contributed by atoms with Crippen molar-refractivity contribution in [2.45, 2.75) is 52.5 Å². The Labute approximate surface area is 205 Å². The molecule has 1 fully saturated rings. The van der Waals surface area contributed by atoms with Crippen molar-refractivity contribution in [1.82, 2.24) is 5.16 Å². The molecule has 7 heteroatoms. The minimum Gasteiger partial charge on any atom is -0.507 e. The summed E-state index contributed by atoms with van der Waals surface area (Å²) in [5, 5.41) is 15.2. The number of anilines is 1. The van der Waals surface area contributed by atoms with Gasteiger partial charge in [0, 0.05) is 11.6 Å². The number of aliphatic hydroxyl groups excluding tert-OH is 1. The fourth-order valence-corrected chi connectivity index (χ4v) is 4.10. The topological polar surface area (TPSA) is 92.9 Å². The highest BCUT2D eigenvalue weighted by Crippen LogP contribution is 2.42. The van der Waals surface area contributed by atoms with E-state index in [1.807, 2.05) is 31.2 Å². The lowest BCUT2D eigenvalue weighted by molar-refractivity contribution is -0.132. The number of Topliss-reactive ketones (excluding diaryl/α,β-unsaturated/α-hetero) is 1. The molecular formula is C28H30N2O5. The van der Waals surface area contributed by atoms with Crippen molar-refractivity contribution in [3.8, 4) is 5.75 Å². The normalized spacial score (nSPS) is 17.7. The van der Waals surface area contributed by atoms with Crippen LogP contribution in [0.2, 0.25) is 0 Å². The maximum atomic E-state index is 13.2. The van der Waals surface area contributed by atoms with E-state index in [0.29, 0.717) is 29.2 Å². The van der Waals surface area contributed by atoms with Gasteiger partial charge in [-0.2, -0.15) is 0 Å². The number of rotatable bonds is 6. The molecule has 1 aliphatic rings. The summed E-state index contributed by atoms with van der Waals surface area (Å²) in [6, 6.07) is 15.3. The summed E-state index contributed by atoms with van der Waals surface area (Å²) in [7, 11) is 0. The van der Waals surface area contributed by atoms with E-state index < -0.39 is 17.7 Å². The molecule has 1 aliphatic heterocycles. The molecule has 3 aromatic rings. The van der Waals surface area contributed by atoms with Crippen LogP contribution in [0.3, 0.4) is 0 Å². The molecule has 2 heterocycles. The fraction of sp³-hybridized carbons (Fsp3) is 0.321. The van der Waals surface area contributed by atoms with E-state index in [1.54, 1.807) is 37.3 Å². The van der Waals surface area contributed by atoms with Crippen LogP contribution in [-0.4, -0.2) is 28.6 Å². The Bertz CT molecular complexity index is 1260. The predicted molar refractivity (Wildman–Crippen MR) is 133 cm³/mol. The molecule has 0 saturated carbocycles. The van der Waals surface area contributed by atoms with Gasteiger partial charge in [0.1, 0.15) is 17.3 Å². The third-order valence-electron chi connectivity index (χ3n) is 6.00. The molecule has 1 atom stereocenters. The molecule has 182 valence electrons. The van der Waals surface area contributed by atoms with Gasteiger partial charge in [0.15, 0.2) is 5.82 Å². The summed E-state index contributed by atoms with van der Waals surface area (Å²) >= 11 is 0. The molecule has 0 unspecified atom stereocenters. The Morgan fingerprint density at radius 2 is 1.74 bits per heavy atom. The zero-order chi connectivity index (χ0) is 25.3. The number of ketones is 1.